The molecular weight excluding hydrogens is 257 g/mol. The van der Waals surface area contributed by atoms with Gasteiger partial charge in [-0.05, 0) is 24.3 Å². The molecule has 0 radical (unpaired) electrons. The predicted octanol–water partition coefficient (Wildman–Crippen LogP) is 3.34. The molecule has 2 aromatic rings. The van der Waals surface area contributed by atoms with Gasteiger partial charge in [-0.3, -0.25) is 4.79 Å². The number of hydrogen-bond acceptors (Lipinski definition) is 2. The van der Waals surface area contributed by atoms with Gasteiger partial charge in [0.1, 0.15) is 11.6 Å². The highest BCUT2D eigenvalue weighted by atomic mass is 19.2. The third-order valence-corrected chi connectivity index (χ3v) is 2.62. The van der Waals surface area contributed by atoms with E-state index in [1.807, 2.05) is 0 Å². The van der Waals surface area contributed by atoms with E-state index >= 15 is 0 Å². The molecule has 0 aliphatic rings. The van der Waals surface area contributed by atoms with Gasteiger partial charge in [-0.1, -0.05) is 6.07 Å². The third kappa shape index (κ3) is 2.45. The Kier molecular flexibility index (Phi) is 3.55. The fraction of sp³-hybridized carbons (Fsp3) is 0.0714. The van der Waals surface area contributed by atoms with Crippen LogP contribution in [0.2, 0.25) is 0 Å². The maximum absolute atomic E-state index is 13.7. The van der Waals surface area contributed by atoms with Crippen LogP contribution in [0.3, 0.4) is 0 Å². The summed E-state index contributed by atoms with van der Waals surface area (Å²) in [4.78, 5) is 12.0. The second-order valence-electron chi connectivity index (χ2n) is 3.78. The number of benzene rings is 2. The fourth-order valence-corrected chi connectivity index (χ4v) is 1.63. The van der Waals surface area contributed by atoms with Gasteiger partial charge in [0.15, 0.2) is 17.4 Å². The lowest BCUT2D eigenvalue weighted by Crippen LogP contribution is -2.08. The smallest absolute Gasteiger partial charge is 0.199 e. The molecule has 0 N–H and O–H groups in total. The lowest BCUT2D eigenvalue weighted by molar-refractivity contribution is 0.103. The summed E-state index contributed by atoms with van der Waals surface area (Å²) in [5.74, 6) is -3.98. The first kappa shape index (κ1) is 13.1. The van der Waals surface area contributed by atoms with E-state index in [0.29, 0.717) is 0 Å². The van der Waals surface area contributed by atoms with Crippen molar-refractivity contribution >= 4 is 5.78 Å². The number of methoxy groups -OCH3 is 1. The summed E-state index contributed by atoms with van der Waals surface area (Å²) in [5, 5.41) is 0. The molecule has 0 amide bonds. The van der Waals surface area contributed by atoms with Crippen LogP contribution in [0.1, 0.15) is 15.9 Å². The van der Waals surface area contributed by atoms with Gasteiger partial charge in [-0.15, -0.1) is 0 Å². The Bertz CT molecular complexity index is 639. The zero-order chi connectivity index (χ0) is 14.0. The van der Waals surface area contributed by atoms with Crippen molar-refractivity contribution in [2.75, 3.05) is 7.11 Å². The maximum Gasteiger partial charge on any atom is 0.199 e. The molecule has 0 unspecified atom stereocenters. The summed E-state index contributed by atoms with van der Waals surface area (Å²) in [7, 11) is 1.35. The van der Waals surface area contributed by atoms with Gasteiger partial charge in [0.05, 0.1) is 18.2 Å². The molecule has 0 atom stereocenters. The number of carbonyl (C=O) groups is 1. The number of carbonyl (C=O) groups excluding carboxylic acids is 1. The Morgan fingerprint density at radius 2 is 1.74 bits per heavy atom. The molecule has 0 saturated heterocycles. The van der Waals surface area contributed by atoms with E-state index in [0.717, 1.165) is 18.2 Å². The second-order valence-corrected chi connectivity index (χ2v) is 3.78. The summed E-state index contributed by atoms with van der Waals surface area (Å²) < 4.78 is 45.0. The number of halogens is 3. The highest BCUT2D eigenvalue weighted by Crippen LogP contribution is 2.21. The molecule has 0 fully saturated rings. The molecule has 2 rings (SSSR count). The molecular formula is C14H9F3O2. The molecule has 98 valence electrons. The Hall–Kier alpha value is -2.30. The predicted molar refractivity (Wildman–Crippen MR) is 62.7 cm³/mol. The van der Waals surface area contributed by atoms with Crippen LogP contribution in [-0.4, -0.2) is 12.9 Å². The highest BCUT2D eigenvalue weighted by Gasteiger charge is 2.20. The van der Waals surface area contributed by atoms with Gasteiger partial charge in [-0.2, -0.15) is 0 Å². The van der Waals surface area contributed by atoms with E-state index in [9.17, 15) is 18.0 Å². The van der Waals surface area contributed by atoms with Gasteiger partial charge < -0.3 is 4.74 Å². The Morgan fingerprint density at radius 1 is 1.00 bits per heavy atom. The van der Waals surface area contributed by atoms with Crippen molar-refractivity contribution in [3.8, 4) is 5.75 Å². The molecule has 0 aromatic heterocycles. The van der Waals surface area contributed by atoms with Crippen molar-refractivity contribution in [2.45, 2.75) is 0 Å². The average Bonchev–Trinajstić information content (AvgIpc) is 2.41. The van der Waals surface area contributed by atoms with Crippen LogP contribution in [-0.2, 0) is 0 Å². The first-order chi connectivity index (χ1) is 9.04. The van der Waals surface area contributed by atoms with Crippen LogP contribution >= 0.6 is 0 Å². The zero-order valence-electron chi connectivity index (χ0n) is 9.91. The molecule has 0 bridgehead atoms. The zero-order valence-corrected chi connectivity index (χ0v) is 9.91. The molecule has 2 aromatic carbocycles. The number of rotatable bonds is 3. The van der Waals surface area contributed by atoms with E-state index in [1.54, 1.807) is 0 Å². The summed E-state index contributed by atoms with van der Waals surface area (Å²) in [6.45, 7) is 0. The van der Waals surface area contributed by atoms with Gasteiger partial charge in [0.2, 0.25) is 0 Å². The summed E-state index contributed by atoms with van der Waals surface area (Å²) >= 11 is 0. The van der Waals surface area contributed by atoms with Crippen LogP contribution < -0.4 is 4.74 Å². The van der Waals surface area contributed by atoms with E-state index in [1.165, 1.54) is 25.3 Å². The minimum Gasteiger partial charge on any atom is -0.497 e. The molecule has 0 aliphatic carbocycles. The van der Waals surface area contributed by atoms with Crippen molar-refractivity contribution < 1.29 is 22.7 Å². The lowest BCUT2D eigenvalue weighted by Gasteiger charge is -2.06. The van der Waals surface area contributed by atoms with E-state index in [2.05, 4.69) is 0 Å². The number of ketones is 1. The Labute approximate surface area is 107 Å². The minimum atomic E-state index is -1.29. The van der Waals surface area contributed by atoms with Crippen LogP contribution in [0.5, 0.6) is 5.75 Å². The SMILES string of the molecule is COc1ccc(C(=O)c2cccc(F)c2F)c(F)c1. The molecule has 0 heterocycles. The second kappa shape index (κ2) is 5.14. The largest absolute Gasteiger partial charge is 0.497 e. The summed E-state index contributed by atoms with van der Waals surface area (Å²) in [6.07, 6.45) is 0. The topological polar surface area (TPSA) is 26.3 Å². The van der Waals surface area contributed by atoms with E-state index in [-0.39, 0.29) is 11.3 Å². The fourth-order valence-electron chi connectivity index (χ4n) is 1.63. The molecule has 19 heavy (non-hydrogen) atoms. The van der Waals surface area contributed by atoms with Crippen molar-refractivity contribution in [1.82, 2.24) is 0 Å². The van der Waals surface area contributed by atoms with Gasteiger partial charge in [0.25, 0.3) is 0 Å². The number of hydrogen-bond donors (Lipinski definition) is 0. The van der Waals surface area contributed by atoms with Crippen LogP contribution in [0.15, 0.2) is 36.4 Å². The third-order valence-electron chi connectivity index (χ3n) is 2.62. The molecule has 0 aliphatic heterocycles. The van der Waals surface area contributed by atoms with Gasteiger partial charge >= 0.3 is 0 Å². The Balaban J connectivity index is 2.47. The van der Waals surface area contributed by atoms with Gasteiger partial charge in [-0.25, -0.2) is 13.2 Å². The standard InChI is InChI=1S/C14H9F3O2/c1-19-8-5-6-9(12(16)7-8)14(18)10-3-2-4-11(15)13(10)17/h2-7H,1H3. The Morgan fingerprint density at radius 3 is 2.37 bits per heavy atom. The van der Waals surface area contributed by atoms with Crippen LogP contribution in [0.25, 0.3) is 0 Å². The summed E-state index contributed by atoms with van der Waals surface area (Å²) in [6, 6.07) is 6.72. The van der Waals surface area contributed by atoms with Crippen molar-refractivity contribution in [3.05, 3.63) is 65.0 Å². The molecule has 0 spiro atoms. The average molecular weight is 266 g/mol. The van der Waals surface area contributed by atoms with Crippen LogP contribution in [0.4, 0.5) is 13.2 Å². The maximum atomic E-state index is 13.7. The van der Waals surface area contributed by atoms with Crippen molar-refractivity contribution in [3.63, 3.8) is 0 Å². The van der Waals surface area contributed by atoms with E-state index in [4.69, 9.17) is 4.74 Å². The first-order valence-corrected chi connectivity index (χ1v) is 5.37. The van der Waals surface area contributed by atoms with Crippen molar-refractivity contribution in [2.24, 2.45) is 0 Å². The van der Waals surface area contributed by atoms with Gasteiger partial charge in [0, 0.05) is 6.07 Å². The first-order valence-electron chi connectivity index (χ1n) is 5.37. The monoisotopic (exact) mass is 266 g/mol. The quantitative estimate of drug-likeness (QED) is 0.796. The molecule has 5 heteroatoms. The number of ether oxygens (including phenoxy) is 1. The summed E-state index contributed by atoms with van der Waals surface area (Å²) in [5.41, 5.74) is -0.852. The molecule has 2 nitrogen and oxygen atoms in total. The van der Waals surface area contributed by atoms with Crippen LogP contribution in [0, 0.1) is 17.5 Å². The lowest BCUT2D eigenvalue weighted by atomic mass is 10.0. The minimum absolute atomic E-state index is 0.230. The highest BCUT2D eigenvalue weighted by molar-refractivity contribution is 6.09. The molecule has 0 saturated carbocycles. The van der Waals surface area contributed by atoms with Crippen molar-refractivity contribution in [1.29, 1.82) is 0 Å². The normalized spacial score (nSPS) is 10.3. The van der Waals surface area contributed by atoms with E-state index < -0.39 is 28.8 Å².